The van der Waals surface area contributed by atoms with E-state index in [9.17, 15) is 4.39 Å². The zero-order valence-corrected chi connectivity index (χ0v) is 18.8. The number of aliphatic imine (C=N–C) groups is 1. The highest BCUT2D eigenvalue weighted by Crippen LogP contribution is 2.21. The lowest BCUT2D eigenvalue weighted by Gasteiger charge is -2.29. The van der Waals surface area contributed by atoms with Gasteiger partial charge in [-0.3, -0.25) is 9.89 Å². The van der Waals surface area contributed by atoms with Crippen LogP contribution in [-0.4, -0.2) is 83.6 Å². The normalized spacial score (nSPS) is 18.5. The maximum atomic E-state index is 14.5. The molecule has 2 aliphatic heterocycles. The van der Waals surface area contributed by atoms with Crippen molar-refractivity contribution >= 4 is 35.6 Å². The average molecular weight is 507 g/mol. The largest absolute Gasteiger partial charge is 0.379 e. The van der Waals surface area contributed by atoms with Gasteiger partial charge in [0.05, 0.1) is 32.1 Å². The lowest BCUT2D eigenvalue weighted by Crippen LogP contribution is -2.44. The number of rotatable bonds is 6. The molecule has 0 atom stereocenters. The molecule has 2 aliphatic rings. The van der Waals surface area contributed by atoms with Crippen molar-refractivity contribution in [2.45, 2.75) is 6.54 Å². The van der Waals surface area contributed by atoms with Gasteiger partial charge in [-0.15, -0.1) is 24.0 Å². The third-order valence-electron chi connectivity index (χ3n) is 4.87. The van der Waals surface area contributed by atoms with Crippen molar-refractivity contribution in [1.82, 2.24) is 15.5 Å². The Kier molecular flexibility index (Phi) is 10.2. The van der Waals surface area contributed by atoms with Gasteiger partial charge >= 0.3 is 0 Å². The lowest BCUT2D eigenvalue weighted by molar-refractivity contribution is 0.0389. The molecule has 28 heavy (non-hydrogen) atoms. The van der Waals surface area contributed by atoms with Crippen molar-refractivity contribution in [1.29, 1.82) is 0 Å². The molecule has 0 unspecified atom stereocenters. The lowest BCUT2D eigenvalue weighted by atomic mass is 10.1. The Morgan fingerprint density at radius 1 is 1.07 bits per heavy atom. The molecule has 0 aromatic heterocycles. The third kappa shape index (κ3) is 7.02. The molecule has 7 nitrogen and oxygen atoms in total. The van der Waals surface area contributed by atoms with Crippen LogP contribution in [0.3, 0.4) is 0 Å². The molecule has 2 saturated heterocycles. The number of benzene rings is 1. The zero-order chi connectivity index (χ0) is 18.9. The SMILES string of the molecule is CN=C(NCCN1CCOCC1)NCc1ccc(N2CCOCC2)c(F)c1.I. The van der Waals surface area contributed by atoms with Gasteiger partial charge in [-0.05, 0) is 17.7 Å². The fourth-order valence-electron chi connectivity index (χ4n) is 3.28. The molecule has 0 aliphatic carbocycles. The highest BCUT2D eigenvalue weighted by molar-refractivity contribution is 14.0. The molecule has 2 heterocycles. The first-order valence-corrected chi connectivity index (χ1v) is 9.62. The monoisotopic (exact) mass is 507 g/mol. The number of anilines is 1. The van der Waals surface area contributed by atoms with E-state index in [2.05, 4.69) is 20.5 Å². The summed E-state index contributed by atoms with van der Waals surface area (Å²) in [5.41, 5.74) is 1.54. The molecule has 2 N–H and O–H groups in total. The van der Waals surface area contributed by atoms with E-state index < -0.39 is 0 Å². The maximum absolute atomic E-state index is 14.5. The molecular weight excluding hydrogens is 476 g/mol. The summed E-state index contributed by atoms with van der Waals surface area (Å²) in [6.45, 7) is 8.60. The molecule has 3 rings (SSSR count). The second kappa shape index (κ2) is 12.4. The number of nitrogens with one attached hydrogen (secondary N) is 2. The predicted octanol–water partition coefficient (Wildman–Crippen LogP) is 1.28. The molecule has 0 spiro atoms. The van der Waals surface area contributed by atoms with Crippen LogP contribution in [0.1, 0.15) is 5.56 Å². The quantitative estimate of drug-likeness (QED) is 0.344. The molecule has 0 amide bonds. The van der Waals surface area contributed by atoms with Gasteiger partial charge in [0, 0.05) is 52.9 Å². The first kappa shape index (κ1) is 23.1. The average Bonchev–Trinajstić information content (AvgIpc) is 2.72. The second-order valence-corrected chi connectivity index (χ2v) is 6.69. The smallest absolute Gasteiger partial charge is 0.191 e. The van der Waals surface area contributed by atoms with E-state index >= 15 is 0 Å². The number of ether oxygens (including phenoxy) is 2. The predicted molar refractivity (Wildman–Crippen MR) is 120 cm³/mol. The van der Waals surface area contributed by atoms with Crippen LogP contribution in [0.15, 0.2) is 23.2 Å². The third-order valence-corrected chi connectivity index (χ3v) is 4.87. The summed E-state index contributed by atoms with van der Waals surface area (Å²) in [7, 11) is 1.74. The summed E-state index contributed by atoms with van der Waals surface area (Å²) in [5, 5.41) is 6.55. The number of morpholine rings is 2. The Morgan fingerprint density at radius 2 is 1.75 bits per heavy atom. The van der Waals surface area contributed by atoms with Crippen LogP contribution in [0.4, 0.5) is 10.1 Å². The fraction of sp³-hybridized carbons (Fsp3) is 0.632. The van der Waals surface area contributed by atoms with Crippen molar-refractivity contribution < 1.29 is 13.9 Å². The van der Waals surface area contributed by atoms with Gasteiger partial charge in [0.1, 0.15) is 5.82 Å². The van der Waals surface area contributed by atoms with E-state index in [4.69, 9.17) is 9.47 Å². The summed E-state index contributed by atoms with van der Waals surface area (Å²) in [6, 6.07) is 5.41. The van der Waals surface area contributed by atoms with E-state index in [0.29, 0.717) is 25.4 Å². The minimum atomic E-state index is -0.188. The van der Waals surface area contributed by atoms with E-state index in [-0.39, 0.29) is 29.8 Å². The summed E-state index contributed by atoms with van der Waals surface area (Å²) in [5.74, 6) is 0.535. The van der Waals surface area contributed by atoms with E-state index in [1.165, 1.54) is 0 Å². The van der Waals surface area contributed by atoms with E-state index in [1.807, 2.05) is 17.0 Å². The van der Waals surface area contributed by atoms with Gasteiger partial charge in [-0.25, -0.2) is 4.39 Å². The van der Waals surface area contributed by atoms with Gasteiger partial charge in [0.15, 0.2) is 5.96 Å². The number of halogens is 2. The van der Waals surface area contributed by atoms with Crippen LogP contribution in [-0.2, 0) is 16.0 Å². The summed E-state index contributed by atoms with van der Waals surface area (Å²) in [6.07, 6.45) is 0. The van der Waals surface area contributed by atoms with Crippen LogP contribution in [0, 0.1) is 5.82 Å². The summed E-state index contributed by atoms with van der Waals surface area (Å²) < 4.78 is 25.2. The topological polar surface area (TPSA) is 61.4 Å². The van der Waals surface area contributed by atoms with Crippen molar-refractivity contribution in [3.8, 4) is 0 Å². The second-order valence-electron chi connectivity index (χ2n) is 6.69. The molecular formula is C19H31FIN5O2. The highest BCUT2D eigenvalue weighted by atomic mass is 127. The van der Waals surface area contributed by atoms with Crippen molar-refractivity contribution in [2.75, 3.05) is 77.6 Å². The van der Waals surface area contributed by atoms with Crippen LogP contribution in [0.5, 0.6) is 0 Å². The fourth-order valence-corrected chi connectivity index (χ4v) is 3.28. The van der Waals surface area contributed by atoms with Gasteiger partial charge in [-0.2, -0.15) is 0 Å². The molecule has 0 saturated carbocycles. The van der Waals surface area contributed by atoms with Gasteiger partial charge < -0.3 is 25.0 Å². The highest BCUT2D eigenvalue weighted by Gasteiger charge is 2.15. The molecule has 2 fully saturated rings. The first-order chi connectivity index (χ1) is 13.3. The van der Waals surface area contributed by atoms with E-state index in [1.54, 1.807) is 13.1 Å². The van der Waals surface area contributed by atoms with Crippen molar-refractivity contribution in [3.63, 3.8) is 0 Å². The van der Waals surface area contributed by atoms with Crippen LogP contribution < -0.4 is 15.5 Å². The van der Waals surface area contributed by atoms with Crippen LogP contribution in [0.2, 0.25) is 0 Å². The van der Waals surface area contributed by atoms with Crippen LogP contribution in [0.25, 0.3) is 0 Å². The molecule has 158 valence electrons. The van der Waals surface area contributed by atoms with Crippen molar-refractivity contribution in [2.24, 2.45) is 4.99 Å². The van der Waals surface area contributed by atoms with E-state index in [0.717, 1.165) is 64.0 Å². The number of hydrogen-bond acceptors (Lipinski definition) is 5. The molecule has 9 heteroatoms. The Balaban J connectivity index is 0.00000280. The molecule has 0 radical (unpaired) electrons. The summed E-state index contributed by atoms with van der Waals surface area (Å²) >= 11 is 0. The number of guanidine groups is 1. The molecule has 1 aromatic carbocycles. The van der Waals surface area contributed by atoms with Crippen LogP contribution >= 0.6 is 24.0 Å². The molecule has 1 aromatic rings. The Morgan fingerprint density at radius 3 is 2.39 bits per heavy atom. The van der Waals surface area contributed by atoms with Gasteiger partial charge in [-0.1, -0.05) is 6.07 Å². The zero-order valence-electron chi connectivity index (χ0n) is 16.5. The number of nitrogens with zero attached hydrogens (tertiary/aromatic N) is 3. The van der Waals surface area contributed by atoms with Gasteiger partial charge in [0.2, 0.25) is 0 Å². The Labute approximate surface area is 183 Å². The molecule has 0 bridgehead atoms. The minimum absolute atomic E-state index is 0. The Hall–Kier alpha value is -1.17. The summed E-state index contributed by atoms with van der Waals surface area (Å²) in [4.78, 5) is 8.63. The maximum Gasteiger partial charge on any atom is 0.191 e. The van der Waals surface area contributed by atoms with Crippen molar-refractivity contribution in [3.05, 3.63) is 29.6 Å². The van der Waals surface area contributed by atoms with Gasteiger partial charge in [0.25, 0.3) is 0 Å². The Bertz CT molecular complexity index is 622. The minimum Gasteiger partial charge on any atom is -0.379 e. The first-order valence-electron chi connectivity index (χ1n) is 9.62. The standard InChI is InChI=1S/C19H30FN5O2.HI/c1-21-19(22-4-5-24-6-10-26-11-7-24)23-15-16-2-3-18(17(20)14-16)25-8-12-27-13-9-25;/h2-3,14H,4-13,15H2,1H3,(H2,21,22,23);1H. The number of hydrogen-bond donors (Lipinski definition) is 2.